The Morgan fingerprint density at radius 2 is 1.77 bits per heavy atom. The molecule has 4 atom stereocenters. The van der Waals surface area contributed by atoms with Crippen molar-refractivity contribution in [3.05, 3.63) is 75.5 Å². The van der Waals surface area contributed by atoms with Gasteiger partial charge in [0, 0.05) is 34.2 Å². The van der Waals surface area contributed by atoms with Gasteiger partial charge in [0.2, 0.25) is 11.6 Å². The van der Waals surface area contributed by atoms with E-state index in [1.807, 2.05) is 62.4 Å². The van der Waals surface area contributed by atoms with Crippen LogP contribution in [0.15, 0.2) is 46.5 Å². The molecular formula is C36H44N2O8Si. The van der Waals surface area contributed by atoms with E-state index in [1.54, 1.807) is 6.92 Å². The third-order valence-electron chi connectivity index (χ3n) is 10.7. The minimum absolute atomic E-state index is 0.00461. The number of carbonyl (C=O) groups is 2. The van der Waals surface area contributed by atoms with Gasteiger partial charge in [-0.1, -0.05) is 51.1 Å². The number of benzene rings is 2. The highest BCUT2D eigenvalue weighted by molar-refractivity contribution is 6.74. The quantitative estimate of drug-likeness (QED) is 0.212. The number of phenols is 1. The van der Waals surface area contributed by atoms with E-state index >= 15 is 9.59 Å². The van der Waals surface area contributed by atoms with Crippen molar-refractivity contribution in [3.63, 3.8) is 0 Å². The molecule has 1 fully saturated rings. The fourth-order valence-electron chi connectivity index (χ4n) is 7.35. The number of aliphatic hydroxyl groups is 1. The summed E-state index contributed by atoms with van der Waals surface area (Å²) in [5.41, 5.74) is 0.621. The van der Waals surface area contributed by atoms with Crippen LogP contribution in [-0.2, 0) is 22.2 Å². The van der Waals surface area contributed by atoms with Gasteiger partial charge in [-0.05, 0) is 68.6 Å². The van der Waals surface area contributed by atoms with Gasteiger partial charge in [-0.25, -0.2) is 0 Å². The van der Waals surface area contributed by atoms with Crippen molar-refractivity contribution in [2.75, 3.05) is 21.2 Å². The van der Waals surface area contributed by atoms with Crippen LogP contribution in [0.25, 0.3) is 5.76 Å². The minimum atomic E-state index is -2.85. The van der Waals surface area contributed by atoms with Crippen molar-refractivity contribution in [3.8, 4) is 17.4 Å². The topological polar surface area (TPSA) is 132 Å². The highest BCUT2D eigenvalue weighted by Gasteiger charge is 2.68. The number of hydrogen-bond donors (Lipinski definition) is 2. The molecule has 3 aromatic rings. The van der Waals surface area contributed by atoms with Crippen LogP contribution in [-0.4, -0.2) is 67.0 Å². The summed E-state index contributed by atoms with van der Waals surface area (Å²) in [4.78, 5) is 32.5. The number of aromatic hydroxyl groups is 1. The number of hydrogen-bond acceptors (Lipinski definition) is 10. The van der Waals surface area contributed by atoms with Crippen molar-refractivity contribution >= 4 is 25.6 Å². The number of fused-ring (bicyclic) bond motifs is 4. The molecule has 6 rings (SSSR count). The Labute approximate surface area is 276 Å². The van der Waals surface area contributed by atoms with Gasteiger partial charge in [0.25, 0.3) is 5.88 Å². The first-order valence-corrected chi connectivity index (χ1v) is 18.9. The Bertz CT molecular complexity index is 1790. The second kappa shape index (κ2) is 11.3. The molecule has 3 aliphatic rings. The molecular weight excluding hydrogens is 616 g/mol. The molecule has 0 saturated heterocycles. The van der Waals surface area contributed by atoms with Crippen molar-refractivity contribution in [1.82, 2.24) is 10.1 Å². The maximum Gasteiger partial charge on any atom is 0.265 e. The molecule has 1 aromatic heterocycles. The van der Waals surface area contributed by atoms with Crippen molar-refractivity contribution in [2.24, 2.45) is 11.8 Å². The summed E-state index contributed by atoms with van der Waals surface area (Å²) in [7, 11) is 2.43. The molecule has 0 radical (unpaired) electrons. The standard InChI is InChI=1S/C36H44N2O8Si/c1-19-24(39)17-25(43-7)22-15-21-16-23-29(38(5)6)31-28(34(37-45-31)44-18-20-13-11-10-12-14-20)33(42)36(23,46-47(8,9)35(2,3)4)32(41)27(21)30(40)26(19)22/h10-14,17,21,23,29,39-40H,15-16,18H2,1-9H3/t21-,23-,29-,36-/m0/s1. The maximum atomic E-state index is 15.3. The Hall–Kier alpha value is -3.93. The molecule has 0 unspecified atom stereocenters. The number of phenolic OH excluding ortho intramolecular Hbond substituents is 1. The number of carbonyl (C=O) groups excluding carboxylic acids is 2. The van der Waals surface area contributed by atoms with Gasteiger partial charge >= 0.3 is 0 Å². The van der Waals surface area contributed by atoms with Crippen LogP contribution in [0.5, 0.6) is 17.4 Å². The number of aliphatic hydroxyl groups excluding tert-OH is 1. The van der Waals surface area contributed by atoms with Crippen LogP contribution >= 0.6 is 0 Å². The minimum Gasteiger partial charge on any atom is -0.508 e. The molecule has 3 aliphatic carbocycles. The van der Waals surface area contributed by atoms with Crippen LogP contribution in [0.4, 0.5) is 0 Å². The molecule has 0 amide bonds. The summed E-state index contributed by atoms with van der Waals surface area (Å²) in [5.74, 6) is -1.78. The Morgan fingerprint density at radius 3 is 2.38 bits per heavy atom. The van der Waals surface area contributed by atoms with E-state index in [-0.39, 0.29) is 40.2 Å². The van der Waals surface area contributed by atoms with E-state index in [1.165, 1.54) is 13.2 Å². The lowest BCUT2D eigenvalue weighted by atomic mass is 9.57. The molecule has 2 aromatic carbocycles. The zero-order chi connectivity index (χ0) is 34.2. The second-order valence-electron chi connectivity index (χ2n) is 14.7. The highest BCUT2D eigenvalue weighted by atomic mass is 28.4. The summed E-state index contributed by atoms with van der Waals surface area (Å²) in [6.07, 6.45) is 0.720. The van der Waals surface area contributed by atoms with Crippen LogP contribution in [0.2, 0.25) is 18.1 Å². The van der Waals surface area contributed by atoms with Crippen LogP contribution < -0.4 is 9.47 Å². The first-order chi connectivity index (χ1) is 22.0. The van der Waals surface area contributed by atoms with E-state index in [0.717, 1.165) is 5.56 Å². The molecule has 10 nitrogen and oxygen atoms in total. The average Bonchev–Trinajstić information content (AvgIpc) is 3.42. The maximum absolute atomic E-state index is 15.3. The van der Waals surface area contributed by atoms with Crippen molar-refractivity contribution in [2.45, 2.75) is 76.9 Å². The summed E-state index contributed by atoms with van der Waals surface area (Å²) in [6, 6.07) is 10.5. The molecule has 0 bridgehead atoms. The molecule has 0 aliphatic heterocycles. The fourth-order valence-corrected chi connectivity index (χ4v) is 8.79. The smallest absolute Gasteiger partial charge is 0.265 e. The number of ether oxygens (including phenoxy) is 2. The first-order valence-electron chi connectivity index (χ1n) is 16.0. The van der Waals surface area contributed by atoms with Gasteiger partial charge in [0.05, 0.1) is 13.2 Å². The van der Waals surface area contributed by atoms with Crippen LogP contribution in [0.3, 0.4) is 0 Å². The number of aromatic nitrogens is 1. The molecule has 0 spiro atoms. The van der Waals surface area contributed by atoms with E-state index in [2.05, 4.69) is 25.9 Å². The molecule has 1 heterocycles. The van der Waals surface area contributed by atoms with Gasteiger partial charge in [-0.2, -0.15) is 0 Å². The monoisotopic (exact) mass is 660 g/mol. The molecule has 1 saturated carbocycles. The first kappa shape index (κ1) is 33.0. The van der Waals surface area contributed by atoms with Gasteiger partial charge in [-0.15, -0.1) is 0 Å². The third-order valence-corrected chi connectivity index (χ3v) is 15.2. The van der Waals surface area contributed by atoms with E-state index < -0.39 is 43.4 Å². The second-order valence-corrected chi connectivity index (χ2v) is 19.5. The van der Waals surface area contributed by atoms with Crippen LogP contribution in [0.1, 0.15) is 71.6 Å². The van der Waals surface area contributed by atoms with Gasteiger partial charge in [-0.3, -0.25) is 14.5 Å². The predicted molar refractivity (Wildman–Crippen MR) is 178 cm³/mol. The lowest BCUT2D eigenvalue weighted by Crippen LogP contribution is -2.68. The van der Waals surface area contributed by atoms with Gasteiger partial charge in [0.15, 0.2) is 19.7 Å². The SMILES string of the molecule is COc1cc(O)c(C)c2c1C[C@H]1C[C@H]3[C@H](N(C)C)c4onc(OCc5ccccc5)c4C(=O)[C@@]3(O[Si](C)(C)C(C)(C)C)C(=O)C1=C2O. The number of nitrogens with zero attached hydrogens (tertiary/aromatic N) is 2. The zero-order valence-electron chi connectivity index (χ0n) is 28.6. The lowest BCUT2D eigenvalue weighted by Gasteiger charge is -2.55. The van der Waals surface area contributed by atoms with E-state index in [4.69, 9.17) is 18.4 Å². The Balaban J connectivity index is 1.59. The fraction of sp³-hybridized carbons (Fsp3) is 0.472. The zero-order valence-corrected chi connectivity index (χ0v) is 29.6. The molecule has 250 valence electrons. The van der Waals surface area contributed by atoms with Gasteiger partial charge in [0.1, 0.15) is 29.4 Å². The average molecular weight is 661 g/mol. The Kier molecular flexibility index (Phi) is 7.96. The number of rotatable bonds is 7. The summed E-state index contributed by atoms with van der Waals surface area (Å²) in [6.45, 7) is 12.0. The molecule has 47 heavy (non-hydrogen) atoms. The van der Waals surface area contributed by atoms with Crippen molar-refractivity contribution in [1.29, 1.82) is 0 Å². The normalized spacial score (nSPS) is 24.1. The molecule has 11 heteroatoms. The predicted octanol–water partition coefficient (Wildman–Crippen LogP) is 6.57. The number of Topliss-reactive ketones (excluding diaryl/α,β-unsaturated/α-hetero) is 2. The van der Waals surface area contributed by atoms with Gasteiger partial charge < -0.3 is 28.6 Å². The third kappa shape index (κ3) is 4.93. The largest absolute Gasteiger partial charge is 0.508 e. The van der Waals surface area contributed by atoms with E-state index in [0.29, 0.717) is 41.0 Å². The number of methoxy groups -OCH3 is 1. The van der Waals surface area contributed by atoms with Crippen molar-refractivity contribution < 1.29 is 38.2 Å². The lowest BCUT2D eigenvalue weighted by molar-refractivity contribution is -0.140. The summed E-state index contributed by atoms with van der Waals surface area (Å²) in [5, 5.41) is 26.6. The summed E-state index contributed by atoms with van der Waals surface area (Å²) < 4.78 is 24.8. The highest BCUT2D eigenvalue weighted by Crippen LogP contribution is 2.59. The summed E-state index contributed by atoms with van der Waals surface area (Å²) >= 11 is 0. The molecule has 2 N–H and O–H groups in total. The Morgan fingerprint density at radius 1 is 1.09 bits per heavy atom. The van der Waals surface area contributed by atoms with E-state index in [9.17, 15) is 10.2 Å². The number of ketones is 2. The van der Waals surface area contributed by atoms with Crippen LogP contribution in [0, 0.1) is 18.8 Å².